The second kappa shape index (κ2) is 6.26. The summed E-state index contributed by atoms with van der Waals surface area (Å²) in [5, 5.41) is 14.7. The number of aryl methyl sites for hydroxylation is 1. The lowest BCUT2D eigenvalue weighted by molar-refractivity contribution is 0.0475. The molecule has 1 aromatic heterocycles. The Hall–Kier alpha value is -1.23. The lowest BCUT2D eigenvalue weighted by Crippen LogP contribution is -2.37. The van der Waals surface area contributed by atoms with E-state index in [4.69, 9.17) is 0 Å². The van der Waals surface area contributed by atoms with Crippen molar-refractivity contribution in [3.63, 3.8) is 0 Å². The van der Waals surface area contributed by atoms with Gasteiger partial charge in [0.15, 0.2) is 0 Å². The minimum Gasteiger partial charge on any atom is -0.389 e. The van der Waals surface area contributed by atoms with Gasteiger partial charge in [0, 0.05) is 29.7 Å². The molecule has 0 atom stereocenters. The molecule has 0 amide bonds. The molecule has 2 aromatic rings. The van der Waals surface area contributed by atoms with Crippen LogP contribution in [-0.2, 0) is 6.54 Å². The summed E-state index contributed by atoms with van der Waals surface area (Å²) in [5.74, 6) is 0. The second-order valence-corrected chi connectivity index (χ2v) is 7.15. The first-order valence-corrected chi connectivity index (χ1v) is 8.41. The van der Waals surface area contributed by atoms with Crippen LogP contribution in [0.1, 0.15) is 36.1 Å². The smallest absolute Gasteiger partial charge is 0.123 e. The van der Waals surface area contributed by atoms with Crippen molar-refractivity contribution in [2.24, 2.45) is 0 Å². The van der Waals surface area contributed by atoms with Gasteiger partial charge in [-0.05, 0) is 19.8 Å². The van der Waals surface area contributed by atoms with Crippen molar-refractivity contribution in [3.05, 3.63) is 40.9 Å². The zero-order valence-corrected chi connectivity index (χ0v) is 13.2. The number of hydrogen-bond donors (Lipinski definition) is 2. The van der Waals surface area contributed by atoms with E-state index in [2.05, 4.69) is 41.5 Å². The van der Waals surface area contributed by atoms with Crippen LogP contribution in [0, 0.1) is 6.92 Å². The number of nitrogens with zero attached hydrogens (tertiary/aromatic N) is 1. The summed E-state index contributed by atoms with van der Waals surface area (Å²) in [5.41, 5.74) is 1.96. The zero-order valence-electron chi connectivity index (χ0n) is 12.4. The fourth-order valence-corrected chi connectivity index (χ4v) is 3.73. The maximum absolute atomic E-state index is 10.3. The predicted octanol–water partition coefficient (Wildman–Crippen LogP) is 3.51. The molecule has 4 heteroatoms. The molecule has 1 saturated carbocycles. The van der Waals surface area contributed by atoms with E-state index in [1.54, 1.807) is 11.3 Å². The van der Waals surface area contributed by atoms with Gasteiger partial charge in [-0.1, -0.05) is 42.7 Å². The van der Waals surface area contributed by atoms with E-state index in [0.717, 1.165) is 37.2 Å². The van der Waals surface area contributed by atoms with E-state index in [0.29, 0.717) is 6.54 Å². The Morgan fingerprint density at radius 3 is 2.67 bits per heavy atom. The highest BCUT2D eigenvalue weighted by Crippen LogP contribution is 2.29. The molecular weight excluding hydrogens is 280 g/mol. The molecule has 0 saturated heterocycles. The molecule has 1 aliphatic rings. The third kappa shape index (κ3) is 3.70. The average Bonchev–Trinajstić information content (AvgIpc) is 3.10. The van der Waals surface area contributed by atoms with Gasteiger partial charge >= 0.3 is 0 Å². The number of aromatic nitrogens is 1. The second-order valence-electron chi connectivity index (χ2n) is 6.03. The Balaban J connectivity index is 1.56. The van der Waals surface area contributed by atoms with Crippen molar-refractivity contribution in [1.82, 2.24) is 10.3 Å². The van der Waals surface area contributed by atoms with Crippen molar-refractivity contribution < 1.29 is 5.11 Å². The highest BCUT2D eigenvalue weighted by molar-refractivity contribution is 7.15. The number of aliphatic hydroxyl groups is 1. The van der Waals surface area contributed by atoms with E-state index < -0.39 is 5.60 Å². The third-order valence-electron chi connectivity index (χ3n) is 4.14. The maximum atomic E-state index is 10.3. The molecule has 0 spiro atoms. The van der Waals surface area contributed by atoms with E-state index >= 15 is 0 Å². The summed E-state index contributed by atoms with van der Waals surface area (Å²) < 4.78 is 0. The topological polar surface area (TPSA) is 45.2 Å². The molecule has 1 aromatic carbocycles. The number of nitrogens with one attached hydrogen (secondary N) is 1. The SMILES string of the molecule is Cc1ccc(-c2ncc(CNCC3(O)CCCC3)s2)cc1. The largest absolute Gasteiger partial charge is 0.389 e. The Bertz CT molecular complexity index is 585. The Labute approximate surface area is 130 Å². The first-order valence-electron chi connectivity index (χ1n) is 7.60. The summed E-state index contributed by atoms with van der Waals surface area (Å²) in [6.45, 7) is 3.56. The van der Waals surface area contributed by atoms with Gasteiger partial charge < -0.3 is 10.4 Å². The molecule has 0 radical (unpaired) electrons. The summed E-state index contributed by atoms with van der Waals surface area (Å²) in [4.78, 5) is 5.71. The highest BCUT2D eigenvalue weighted by Gasteiger charge is 2.30. The van der Waals surface area contributed by atoms with Crippen LogP contribution < -0.4 is 5.32 Å². The quantitative estimate of drug-likeness (QED) is 0.888. The van der Waals surface area contributed by atoms with Crippen LogP contribution in [0.15, 0.2) is 30.5 Å². The van der Waals surface area contributed by atoms with Crippen LogP contribution in [0.3, 0.4) is 0 Å². The molecule has 21 heavy (non-hydrogen) atoms. The van der Waals surface area contributed by atoms with Crippen LogP contribution in [0.25, 0.3) is 10.6 Å². The number of rotatable bonds is 5. The lowest BCUT2D eigenvalue weighted by atomic mass is 10.0. The molecule has 0 aliphatic heterocycles. The van der Waals surface area contributed by atoms with Crippen molar-refractivity contribution in [1.29, 1.82) is 0 Å². The van der Waals surface area contributed by atoms with Gasteiger partial charge in [-0.15, -0.1) is 11.3 Å². The first-order chi connectivity index (χ1) is 10.1. The average molecular weight is 302 g/mol. The van der Waals surface area contributed by atoms with Crippen LogP contribution in [0.2, 0.25) is 0 Å². The normalized spacial score (nSPS) is 17.2. The monoisotopic (exact) mass is 302 g/mol. The van der Waals surface area contributed by atoms with Crippen LogP contribution in [0.4, 0.5) is 0 Å². The van der Waals surface area contributed by atoms with Crippen molar-refractivity contribution in [3.8, 4) is 10.6 Å². The molecular formula is C17H22N2OS. The first kappa shape index (κ1) is 14.7. The minimum atomic E-state index is -0.482. The summed E-state index contributed by atoms with van der Waals surface area (Å²) in [6.07, 6.45) is 6.09. The molecule has 1 aliphatic carbocycles. The predicted molar refractivity (Wildman–Crippen MR) is 87.4 cm³/mol. The summed E-state index contributed by atoms with van der Waals surface area (Å²) >= 11 is 1.72. The highest BCUT2D eigenvalue weighted by atomic mass is 32.1. The fraction of sp³-hybridized carbons (Fsp3) is 0.471. The van der Waals surface area contributed by atoms with E-state index in [9.17, 15) is 5.11 Å². The molecule has 3 nitrogen and oxygen atoms in total. The Kier molecular flexibility index (Phi) is 4.38. The molecule has 2 N–H and O–H groups in total. The molecule has 3 rings (SSSR count). The minimum absolute atomic E-state index is 0.482. The third-order valence-corrected chi connectivity index (χ3v) is 5.19. The summed E-state index contributed by atoms with van der Waals surface area (Å²) in [7, 11) is 0. The van der Waals surface area contributed by atoms with Crippen molar-refractivity contribution in [2.75, 3.05) is 6.54 Å². The van der Waals surface area contributed by atoms with E-state index in [1.165, 1.54) is 16.0 Å². The van der Waals surface area contributed by atoms with Crippen LogP contribution >= 0.6 is 11.3 Å². The fourth-order valence-electron chi connectivity index (χ4n) is 2.85. The van der Waals surface area contributed by atoms with Gasteiger partial charge in [-0.2, -0.15) is 0 Å². The number of benzene rings is 1. The van der Waals surface area contributed by atoms with Gasteiger partial charge in [-0.25, -0.2) is 4.98 Å². The number of thiazole rings is 1. The lowest BCUT2D eigenvalue weighted by Gasteiger charge is -2.22. The molecule has 0 unspecified atom stereocenters. The van der Waals surface area contributed by atoms with E-state index in [1.807, 2.05) is 6.20 Å². The summed E-state index contributed by atoms with van der Waals surface area (Å²) in [6, 6.07) is 8.47. The van der Waals surface area contributed by atoms with Crippen molar-refractivity contribution >= 4 is 11.3 Å². The van der Waals surface area contributed by atoms with Gasteiger partial charge in [0.05, 0.1) is 5.60 Å². The van der Waals surface area contributed by atoms with Gasteiger partial charge in [0.2, 0.25) is 0 Å². The molecule has 1 heterocycles. The van der Waals surface area contributed by atoms with E-state index in [-0.39, 0.29) is 0 Å². The van der Waals surface area contributed by atoms with Gasteiger partial charge in [0.1, 0.15) is 5.01 Å². The van der Waals surface area contributed by atoms with Crippen molar-refractivity contribution in [2.45, 2.75) is 44.8 Å². The maximum Gasteiger partial charge on any atom is 0.123 e. The van der Waals surface area contributed by atoms with Gasteiger partial charge in [0.25, 0.3) is 0 Å². The Morgan fingerprint density at radius 2 is 1.95 bits per heavy atom. The molecule has 112 valence electrons. The Morgan fingerprint density at radius 1 is 1.24 bits per heavy atom. The van der Waals surface area contributed by atoms with Gasteiger partial charge in [-0.3, -0.25) is 0 Å². The molecule has 1 fully saturated rings. The van der Waals surface area contributed by atoms with Crippen LogP contribution in [-0.4, -0.2) is 22.2 Å². The van der Waals surface area contributed by atoms with Crippen LogP contribution in [0.5, 0.6) is 0 Å². The molecule has 0 bridgehead atoms. The standard InChI is InChI=1S/C17H22N2OS/c1-13-4-6-14(7-5-13)16-19-11-15(21-16)10-18-12-17(20)8-2-3-9-17/h4-7,11,18,20H,2-3,8-10,12H2,1H3. The zero-order chi connectivity index (χ0) is 14.7. The number of hydrogen-bond acceptors (Lipinski definition) is 4.